The molecule has 2 aliphatic rings. The Morgan fingerprint density at radius 2 is 1.57 bits per heavy atom. The van der Waals surface area contributed by atoms with E-state index in [-0.39, 0.29) is 23.8 Å². The van der Waals surface area contributed by atoms with Crippen LogP contribution in [0.4, 0.5) is 10.5 Å². The van der Waals surface area contributed by atoms with Crippen LogP contribution in [0.3, 0.4) is 0 Å². The van der Waals surface area contributed by atoms with E-state index >= 15 is 0 Å². The van der Waals surface area contributed by atoms with Gasteiger partial charge >= 0.3 is 12.1 Å². The average Bonchev–Trinajstić information content (AvgIpc) is 3.42. The fourth-order valence-corrected chi connectivity index (χ4v) is 5.18. The predicted octanol–water partition coefficient (Wildman–Crippen LogP) is 5.13. The molecule has 1 heterocycles. The zero-order chi connectivity index (χ0) is 24.6. The van der Waals surface area contributed by atoms with Crippen molar-refractivity contribution in [1.82, 2.24) is 4.90 Å². The van der Waals surface area contributed by atoms with E-state index in [1.165, 1.54) is 4.90 Å². The molecule has 0 aromatic heterocycles. The summed E-state index contributed by atoms with van der Waals surface area (Å²) in [6.07, 6.45) is 0.321. The minimum atomic E-state index is -1.27. The third-order valence-electron chi connectivity index (χ3n) is 7.08. The third kappa shape index (κ3) is 3.93. The van der Waals surface area contributed by atoms with Gasteiger partial charge in [0.2, 0.25) is 0 Å². The highest BCUT2D eigenvalue weighted by Gasteiger charge is 2.46. The number of benzene rings is 3. The van der Waals surface area contributed by atoms with Gasteiger partial charge in [0.15, 0.2) is 0 Å². The molecule has 3 aromatic rings. The molecule has 178 valence electrons. The second-order valence-corrected chi connectivity index (χ2v) is 9.14. The van der Waals surface area contributed by atoms with E-state index in [9.17, 15) is 19.5 Å². The number of ether oxygens (including phenoxy) is 1. The number of hydrogen-bond acceptors (Lipinski definition) is 4. The Morgan fingerprint density at radius 1 is 0.971 bits per heavy atom. The molecule has 1 aliphatic carbocycles. The Bertz CT molecular complexity index is 1270. The van der Waals surface area contributed by atoms with E-state index in [1.807, 2.05) is 36.4 Å². The van der Waals surface area contributed by atoms with Gasteiger partial charge in [0, 0.05) is 12.5 Å². The highest BCUT2D eigenvalue weighted by atomic mass is 16.5. The van der Waals surface area contributed by atoms with Crippen LogP contribution in [0.25, 0.3) is 11.1 Å². The summed E-state index contributed by atoms with van der Waals surface area (Å²) in [5.41, 5.74) is 3.75. The minimum absolute atomic E-state index is 0.0779. The molecule has 1 fully saturated rings. The largest absolute Gasteiger partial charge is 0.480 e. The monoisotopic (exact) mass is 470 g/mol. The van der Waals surface area contributed by atoms with E-state index in [0.717, 1.165) is 22.3 Å². The molecule has 3 aromatic carbocycles. The number of anilines is 1. The van der Waals surface area contributed by atoms with Gasteiger partial charge in [0.25, 0.3) is 5.91 Å². The standard InChI is InChI=1S/C28H26N2O5/c1-28(26(32)33)15-8-16-30(28)25(31)22-13-6-7-14-24(22)29-27(34)35-17-23-20-11-4-2-9-18(20)19-10-3-5-12-21(19)23/h2-7,9-14,23H,8,15-17H2,1H3,(H,29,34)(H,32,33). The van der Waals surface area contributed by atoms with Gasteiger partial charge in [-0.1, -0.05) is 60.7 Å². The molecule has 0 radical (unpaired) electrons. The van der Waals surface area contributed by atoms with Crippen LogP contribution in [0.2, 0.25) is 0 Å². The maximum absolute atomic E-state index is 13.3. The van der Waals surface area contributed by atoms with Gasteiger partial charge in [-0.05, 0) is 54.2 Å². The minimum Gasteiger partial charge on any atom is -0.480 e. The van der Waals surface area contributed by atoms with Crippen LogP contribution >= 0.6 is 0 Å². The van der Waals surface area contributed by atoms with Gasteiger partial charge in [0.1, 0.15) is 12.1 Å². The Morgan fingerprint density at radius 3 is 2.23 bits per heavy atom. The number of para-hydroxylation sites is 1. The molecule has 35 heavy (non-hydrogen) atoms. The molecular formula is C28H26N2O5. The van der Waals surface area contributed by atoms with E-state index in [0.29, 0.717) is 19.4 Å². The Kier molecular flexibility index (Phi) is 5.76. The highest BCUT2D eigenvalue weighted by Crippen LogP contribution is 2.44. The van der Waals surface area contributed by atoms with Crippen molar-refractivity contribution in [3.8, 4) is 11.1 Å². The van der Waals surface area contributed by atoms with Gasteiger partial charge in [0.05, 0.1) is 11.3 Å². The number of amides is 2. The number of rotatable bonds is 5. The molecule has 0 spiro atoms. The number of carbonyl (C=O) groups excluding carboxylic acids is 2. The first-order valence-corrected chi connectivity index (χ1v) is 11.7. The normalized spacial score (nSPS) is 18.6. The van der Waals surface area contributed by atoms with Gasteiger partial charge in [-0.3, -0.25) is 10.1 Å². The van der Waals surface area contributed by atoms with Crippen molar-refractivity contribution in [2.75, 3.05) is 18.5 Å². The van der Waals surface area contributed by atoms with Gasteiger partial charge in [-0.15, -0.1) is 0 Å². The quantitative estimate of drug-likeness (QED) is 0.539. The molecule has 0 saturated carbocycles. The fraction of sp³-hybridized carbons (Fsp3) is 0.250. The summed E-state index contributed by atoms with van der Waals surface area (Å²) in [5, 5.41) is 12.4. The molecule has 0 bridgehead atoms. The molecule has 1 unspecified atom stereocenters. The summed E-state index contributed by atoms with van der Waals surface area (Å²) < 4.78 is 5.61. The highest BCUT2D eigenvalue weighted by molar-refractivity contribution is 6.04. The van der Waals surface area contributed by atoms with Gasteiger partial charge < -0.3 is 14.7 Å². The molecule has 1 saturated heterocycles. The smallest absolute Gasteiger partial charge is 0.411 e. The number of aliphatic carboxylic acids is 1. The van der Waals surface area contributed by atoms with E-state index < -0.39 is 23.5 Å². The molecule has 2 N–H and O–H groups in total. The molecule has 7 nitrogen and oxygen atoms in total. The van der Waals surface area contributed by atoms with Crippen LogP contribution in [-0.4, -0.2) is 46.7 Å². The third-order valence-corrected chi connectivity index (χ3v) is 7.08. The van der Waals surface area contributed by atoms with Crippen LogP contribution in [0.15, 0.2) is 72.8 Å². The van der Waals surface area contributed by atoms with E-state index in [4.69, 9.17) is 4.74 Å². The molecule has 2 amide bonds. The summed E-state index contributed by atoms with van der Waals surface area (Å²) >= 11 is 0. The lowest BCUT2D eigenvalue weighted by Crippen LogP contribution is -2.50. The van der Waals surface area contributed by atoms with Crippen LogP contribution in [-0.2, 0) is 9.53 Å². The molecule has 7 heteroatoms. The molecule has 5 rings (SSSR count). The summed E-state index contributed by atoms with van der Waals surface area (Å²) in [5.74, 6) is -1.54. The number of carboxylic acid groups (broad SMARTS) is 1. The van der Waals surface area contributed by atoms with Crippen molar-refractivity contribution >= 4 is 23.7 Å². The SMILES string of the molecule is CC1(C(=O)O)CCCN1C(=O)c1ccccc1NC(=O)OCC1c2ccccc2-c2ccccc21. The van der Waals surface area contributed by atoms with E-state index in [1.54, 1.807) is 31.2 Å². The summed E-state index contributed by atoms with van der Waals surface area (Å²) in [4.78, 5) is 39.3. The van der Waals surface area contributed by atoms with Crippen molar-refractivity contribution in [2.24, 2.45) is 0 Å². The number of hydrogen-bond donors (Lipinski definition) is 2. The lowest BCUT2D eigenvalue weighted by molar-refractivity contribution is -0.147. The number of carboxylic acids is 1. The van der Waals surface area contributed by atoms with Crippen LogP contribution in [0, 0.1) is 0 Å². The van der Waals surface area contributed by atoms with Crippen LogP contribution < -0.4 is 5.32 Å². The number of fused-ring (bicyclic) bond motifs is 3. The second kappa shape index (κ2) is 8.91. The number of nitrogens with one attached hydrogen (secondary N) is 1. The second-order valence-electron chi connectivity index (χ2n) is 9.14. The first-order valence-electron chi connectivity index (χ1n) is 11.7. The average molecular weight is 471 g/mol. The fourth-order valence-electron chi connectivity index (χ4n) is 5.18. The predicted molar refractivity (Wildman–Crippen MR) is 131 cm³/mol. The summed E-state index contributed by atoms with van der Waals surface area (Å²) in [7, 11) is 0. The van der Waals surface area contributed by atoms with Crippen LogP contribution in [0.1, 0.15) is 47.2 Å². The number of carbonyl (C=O) groups is 3. The van der Waals surface area contributed by atoms with Crippen molar-refractivity contribution < 1.29 is 24.2 Å². The van der Waals surface area contributed by atoms with Crippen LogP contribution in [0.5, 0.6) is 0 Å². The molecule has 1 atom stereocenters. The van der Waals surface area contributed by atoms with Crippen molar-refractivity contribution in [2.45, 2.75) is 31.2 Å². The first kappa shape index (κ1) is 22.7. The zero-order valence-electron chi connectivity index (χ0n) is 19.4. The van der Waals surface area contributed by atoms with Gasteiger partial charge in [-0.25, -0.2) is 9.59 Å². The molecular weight excluding hydrogens is 444 g/mol. The lowest BCUT2D eigenvalue weighted by atomic mass is 9.98. The Labute approximate surface area is 203 Å². The van der Waals surface area contributed by atoms with Gasteiger partial charge in [-0.2, -0.15) is 0 Å². The maximum atomic E-state index is 13.3. The first-order chi connectivity index (χ1) is 16.9. The maximum Gasteiger partial charge on any atom is 0.411 e. The Hall–Kier alpha value is -4.13. The summed E-state index contributed by atoms with van der Waals surface area (Å²) in [6, 6.07) is 22.8. The lowest BCUT2D eigenvalue weighted by Gasteiger charge is -2.31. The summed E-state index contributed by atoms with van der Waals surface area (Å²) in [6.45, 7) is 2.06. The molecule has 1 aliphatic heterocycles. The zero-order valence-corrected chi connectivity index (χ0v) is 19.4. The number of likely N-dealkylation sites (tertiary alicyclic amines) is 1. The van der Waals surface area contributed by atoms with Crippen molar-refractivity contribution in [3.63, 3.8) is 0 Å². The topological polar surface area (TPSA) is 95.9 Å². The van der Waals surface area contributed by atoms with Crippen molar-refractivity contribution in [3.05, 3.63) is 89.5 Å². The van der Waals surface area contributed by atoms with E-state index in [2.05, 4.69) is 17.4 Å². The van der Waals surface area contributed by atoms with Crippen molar-refractivity contribution in [1.29, 1.82) is 0 Å². The Balaban J connectivity index is 1.32. The number of nitrogens with zero attached hydrogens (tertiary/aromatic N) is 1.